The van der Waals surface area contributed by atoms with Gasteiger partial charge in [0.25, 0.3) is 0 Å². The molecular weight excluding hydrogens is 238 g/mol. The Kier molecular flexibility index (Phi) is 4.45. The average molecular weight is 253 g/mol. The van der Waals surface area contributed by atoms with Gasteiger partial charge in [-0.3, -0.25) is 9.78 Å². The molecule has 0 atom stereocenters. The first-order chi connectivity index (χ1) is 9.29. The van der Waals surface area contributed by atoms with Gasteiger partial charge in [-0.05, 0) is 42.8 Å². The maximum atomic E-state index is 11.8. The molecule has 0 fully saturated rings. The smallest absolute Gasteiger partial charge is 0.185 e. The van der Waals surface area contributed by atoms with Gasteiger partial charge in [-0.25, -0.2) is 0 Å². The van der Waals surface area contributed by atoms with Gasteiger partial charge in [-0.1, -0.05) is 18.2 Å². The highest BCUT2D eigenvalue weighted by Gasteiger charge is 1.99. The van der Waals surface area contributed by atoms with Crippen molar-refractivity contribution in [2.45, 2.75) is 6.92 Å². The predicted molar refractivity (Wildman–Crippen MR) is 75.2 cm³/mol. The number of hydrogen-bond donors (Lipinski definition) is 0. The summed E-state index contributed by atoms with van der Waals surface area (Å²) in [5, 5.41) is 0. The van der Waals surface area contributed by atoms with Gasteiger partial charge in [0.15, 0.2) is 5.78 Å². The van der Waals surface area contributed by atoms with Crippen LogP contribution in [0.5, 0.6) is 5.75 Å². The number of carbonyl (C=O) groups excluding carboxylic acids is 1. The van der Waals surface area contributed by atoms with Gasteiger partial charge in [-0.2, -0.15) is 0 Å². The molecular formula is C16H15NO2. The molecule has 0 saturated heterocycles. The van der Waals surface area contributed by atoms with Crippen molar-refractivity contribution in [1.82, 2.24) is 4.98 Å². The van der Waals surface area contributed by atoms with Gasteiger partial charge in [-0.15, -0.1) is 0 Å². The van der Waals surface area contributed by atoms with Crippen molar-refractivity contribution in [3.05, 3.63) is 66.0 Å². The third-order valence-electron chi connectivity index (χ3n) is 2.58. The zero-order valence-corrected chi connectivity index (χ0v) is 10.7. The fourth-order valence-electron chi connectivity index (χ4n) is 1.63. The molecule has 0 N–H and O–H groups in total. The number of benzene rings is 1. The van der Waals surface area contributed by atoms with E-state index < -0.39 is 0 Å². The Hall–Kier alpha value is -2.42. The Bertz CT molecular complexity index is 559. The van der Waals surface area contributed by atoms with Crippen molar-refractivity contribution in [3.63, 3.8) is 0 Å². The van der Waals surface area contributed by atoms with Crippen molar-refractivity contribution < 1.29 is 9.53 Å². The lowest BCUT2D eigenvalue weighted by Gasteiger charge is -2.02. The lowest BCUT2D eigenvalue weighted by molar-refractivity contribution is 0.104. The van der Waals surface area contributed by atoms with Gasteiger partial charge in [0.1, 0.15) is 5.75 Å². The van der Waals surface area contributed by atoms with E-state index in [1.54, 1.807) is 36.7 Å². The van der Waals surface area contributed by atoms with Crippen molar-refractivity contribution in [3.8, 4) is 5.75 Å². The van der Waals surface area contributed by atoms with E-state index >= 15 is 0 Å². The summed E-state index contributed by atoms with van der Waals surface area (Å²) in [7, 11) is 0. The van der Waals surface area contributed by atoms with Crippen LogP contribution in [-0.2, 0) is 0 Å². The molecule has 0 aliphatic carbocycles. The van der Waals surface area contributed by atoms with E-state index in [1.807, 2.05) is 31.2 Å². The summed E-state index contributed by atoms with van der Waals surface area (Å²) >= 11 is 0. The summed E-state index contributed by atoms with van der Waals surface area (Å²) in [6.45, 7) is 2.59. The maximum absolute atomic E-state index is 11.8. The van der Waals surface area contributed by atoms with Crippen LogP contribution in [0.15, 0.2) is 54.9 Å². The quantitative estimate of drug-likeness (QED) is 0.605. The summed E-state index contributed by atoms with van der Waals surface area (Å²) < 4.78 is 5.36. The van der Waals surface area contributed by atoms with Gasteiger partial charge < -0.3 is 4.74 Å². The lowest BCUT2D eigenvalue weighted by Crippen LogP contribution is -1.93. The van der Waals surface area contributed by atoms with Crippen LogP contribution in [0.1, 0.15) is 22.8 Å². The Morgan fingerprint density at radius 2 is 1.84 bits per heavy atom. The van der Waals surface area contributed by atoms with E-state index in [0.29, 0.717) is 12.2 Å². The standard InChI is InChI=1S/C16H15NO2/c1-2-19-15-6-3-13(4-7-15)5-8-16(18)14-9-11-17-12-10-14/h3-12H,2H2,1H3/b8-5+. The number of allylic oxidation sites excluding steroid dienone is 1. The van der Waals surface area contributed by atoms with E-state index in [4.69, 9.17) is 4.74 Å². The molecule has 2 rings (SSSR count). The number of ketones is 1. The molecule has 0 radical (unpaired) electrons. The van der Waals surface area contributed by atoms with Crippen LogP contribution in [0.2, 0.25) is 0 Å². The molecule has 96 valence electrons. The largest absolute Gasteiger partial charge is 0.494 e. The second kappa shape index (κ2) is 6.50. The normalized spacial score (nSPS) is 10.6. The van der Waals surface area contributed by atoms with Crippen LogP contribution in [0, 0.1) is 0 Å². The van der Waals surface area contributed by atoms with E-state index in [1.165, 1.54) is 0 Å². The van der Waals surface area contributed by atoms with Gasteiger partial charge >= 0.3 is 0 Å². The number of pyridine rings is 1. The van der Waals surface area contributed by atoms with Crippen molar-refractivity contribution in [2.24, 2.45) is 0 Å². The van der Waals surface area contributed by atoms with Crippen LogP contribution < -0.4 is 4.74 Å². The SMILES string of the molecule is CCOc1ccc(/C=C/C(=O)c2ccncc2)cc1. The Morgan fingerprint density at radius 1 is 1.16 bits per heavy atom. The van der Waals surface area contributed by atoms with Crippen LogP contribution >= 0.6 is 0 Å². The monoisotopic (exact) mass is 253 g/mol. The summed E-state index contributed by atoms with van der Waals surface area (Å²) in [5.74, 6) is 0.802. The van der Waals surface area contributed by atoms with Crippen LogP contribution in [0.4, 0.5) is 0 Å². The number of nitrogens with zero attached hydrogens (tertiary/aromatic N) is 1. The van der Waals surface area contributed by atoms with E-state index in [2.05, 4.69) is 4.98 Å². The molecule has 0 bridgehead atoms. The third kappa shape index (κ3) is 3.78. The predicted octanol–water partition coefficient (Wildman–Crippen LogP) is 3.38. The molecule has 1 aromatic heterocycles. The van der Waals surface area contributed by atoms with Crippen molar-refractivity contribution in [1.29, 1.82) is 0 Å². The van der Waals surface area contributed by atoms with Crippen LogP contribution in [0.25, 0.3) is 6.08 Å². The zero-order chi connectivity index (χ0) is 13.5. The van der Waals surface area contributed by atoms with Crippen LogP contribution in [0.3, 0.4) is 0 Å². The van der Waals surface area contributed by atoms with Gasteiger partial charge in [0.05, 0.1) is 6.61 Å². The number of ether oxygens (including phenoxy) is 1. The minimum absolute atomic E-state index is 0.0312. The molecule has 0 amide bonds. The van der Waals surface area contributed by atoms with Crippen LogP contribution in [-0.4, -0.2) is 17.4 Å². The number of rotatable bonds is 5. The molecule has 1 heterocycles. The number of hydrogen-bond acceptors (Lipinski definition) is 3. The second-order valence-electron chi connectivity index (χ2n) is 3.94. The first kappa shape index (κ1) is 13.0. The average Bonchev–Trinajstić information content (AvgIpc) is 2.47. The van der Waals surface area contributed by atoms with Crippen molar-refractivity contribution in [2.75, 3.05) is 6.61 Å². The molecule has 0 saturated carbocycles. The van der Waals surface area contributed by atoms with E-state index in [0.717, 1.165) is 11.3 Å². The van der Waals surface area contributed by atoms with Crippen molar-refractivity contribution >= 4 is 11.9 Å². The molecule has 0 aliphatic heterocycles. The second-order valence-corrected chi connectivity index (χ2v) is 3.94. The minimum atomic E-state index is -0.0312. The molecule has 19 heavy (non-hydrogen) atoms. The molecule has 3 heteroatoms. The molecule has 0 aliphatic rings. The fraction of sp³-hybridized carbons (Fsp3) is 0.125. The maximum Gasteiger partial charge on any atom is 0.185 e. The number of carbonyl (C=O) groups is 1. The molecule has 2 aromatic rings. The summed E-state index contributed by atoms with van der Waals surface area (Å²) in [4.78, 5) is 15.7. The van der Waals surface area contributed by atoms with Gasteiger partial charge in [0.2, 0.25) is 0 Å². The van der Waals surface area contributed by atoms with Gasteiger partial charge in [0, 0.05) is 18.0 Å². The van der Waals surface area contributed by atoms with E-state index in [9.17, 15) is 4.79 Å². The summed E-state index contributed by atoms with van der Waals surface area (Å²) in [6.07, 6.45) is 6.57. The molecule has 3 nitrogen and oxygen atoms in total. The highest BCUT2D eigenvalue weighted by molar-refractivity contribution is 6.06. The number of aromatic nitrogens is 1. The lowest BCUT2D eigenvalue weighted by atomic mass is 10.1. The summed E-state index contributed by atoms with van der Waals surface area (Å²) in [6, 6.07) is 11.0. The summed E-state index contributed by atoms with van der Waals surface area (Å²) in [5.41, 5.74) is 1.60. The Balaban J connectivity index is 2.04. The Morgan fingerprint density at radius 3 is 2.47 bits per heavy atom. The fourth-order valence-corrected chi connectivity index (χ4v) is 1.63. The highest BCUT2D eigenvalue weighted by atomic mass is 16.5. The molecule has 1 aromatic carbocycles. The highest BCUT2D eigenvalue weighted by Crippen LogP contribution is 2.13. The topological polar surface area (TPSA) is 39.2 Å². The first-order valence-electron chi connectivity index (χ1n) is 6.15. The third-order valence-corrected chi connectivity index (χ3v) is 2.58. The molecule has 0 spiro atoms. The minimum Gasteiger partial charge on any atom is -0.494 e. The molecule has 0 unspecified atom stereocenters. The zero-order valence-electron chi connectivity index (χ0n) is 10.7. The van der Waals surface area contributed by atoms with E-state index in [-0.39, 0.29) is 5.78 Å². The Labute approximate surface area is 112 Å². The first-order valence-corrected chi connectivity index (χ1v) is 6.15.